The number of carbonyl (C=O) groups is 2. The van der Waals surface area contributed by atoms with E-state index in [1.165, 1.54) is 36.4 Å². The number of halogens is 2. The van der Waals surface area contributed by atoms with Crippen molar-refractivity contribution < 1.29 is 18.4 Å². The Morgan fingerprint density at radius 1 is 0.829 bits per heavy atom. The van der Waals surface area contributed by atoms with E-state index in [9.17, 15) is 18.4 Å². The second-order valence-electron chi connectivity index (χ2n) is 8.82. The van der Waals surface area contributed by atoms with E-state index in [1.54, 1.807) is 21.9 Å². The Bertz CT molecular complexity index is 1190. The number of carbonyl (C=O) groups excluding carboxylic acids is 2. The van der Waals surface area contributed by atoms with Gasteiger partial charge in [0.1, 0.15) is 18.2 Å². The van der Waals surface area contributed by atoms with Crippen LogP contribution >= 0.6 is 0 Å². The predicted molar refractivity (Wildman–Crippen MR) is 127 cm³/mol. The normalized spacial score (nSPS) is 15.7. The maximum atomic E-state index is 13.2. The number of rotatable bonds is 6. The van der Waals surface area contributed by atoms with Crippen molar-refractivity contribution in [3.63, 3.8) is 0 Å². The molecule has 1 saturated carbocycles. The first-order chi connectivity index (χ1) is 17.0. The SMILES string of the molecule is O=C(CN(C(=O)c1ccc(F)cc1)C1CC1)N1CCN(c2ccc(-c3ccc(F)cc3)nn2)CC1. The van der Waals surface area contributed by atoms with E-state index in [0.29, 0.717) is 43.3 Å². The lowest BCUT2D eigenvalue weighted by Gasteiger charge is -2.36. The number of piperazine rings is 1. The van der Waals surface area contributed by atoms with Crippen molar-refractivity contribution in [1.29, 1.82) is 0 Å². The average Bonchev–Trinajstić information content (AvgIpc) is 3.73. The van der Waals surface area contributed by atoms with Crippen LogP contribution < -0.4 is 4.90 Å². The van der Waals surface area contributed by atoms with Crippen LogP contribution in [-0.2, 0) is 4.79 Å². The number of nitrogens with zero attached hydrogens (tertiary/aromatic N) is 5. The third-order valence-electron chi connectivity index (χ3n) is 6.39. The third kappa shape index (κ3) is 5.29. The van der Waals surface area contributed by atoms with E-state index >= 15 is 0 Å². The van der Waals surface area contributed by atoms with Crippen LogP contribution in [0.15, 0.2) is 60.7 Å². The molecule has 2 aliphatic rings. The van der Waals surface area contributed by atoms with Crippen LogP contribution in [0.3, 0.4) is 0 Å². The fraction of sp³-hybridized carbons (Fsp3) is 0.308. The van der Waals surface area contributed by atoms with Crippen molar-refractivity contribution in [3.8, 4) is 11.3 Å². The van der Waals surface area contributed by atoms with Crippen LogP contribution in [0.1, 0.15) is 23.2 Å². The molecule has 1 aliphatic carbocycles. The largest absolute Gasteiger partial charge is 0.352 e. The van der Waals surface area contributed by atoms with Gasteiger partial charge in [-0.1, -0.05) is 0 Å². The minimum absolute atomic E-state index is 0.0209. The van der Waals surface area contributed by atoms with Gasteiger partial charge in [-0.2, -0.15) is 0 Å². The van der Waals surface area contributed by atoms with Gasteiger partial charge in [0.25, 0.3) is 5.91 Å². The summed E-state index contributed by atoms with van der Waals surface area (Å²) in [5.41, 5.74) is 1.84. The fourth-order valence-corrected chi connectivity index (χ4v) is 4.21. The third-order valence-corrected chi connectivity index (χ3v) is 6.39. The van der Waals surface area contributed by atoms with Gasteiger partial charge >= 0.3 is 0 Å². The van der Waals surface area contributed by atoms with Crippen LogP contribution in [0.5, 0.6) is 0 Å². The van der Waals surface area contributed by atoms with Crippen molar-refractivity contribution in [2.75, 3.05) is 37.6 Å². The Morgan fingerprint density at radius 2 is 1.46 bits per heavy atom. The van der Waals surface area contributed by atoms with Gasteiger partial charge in [-0.25, -0.2) is 8.78 Å². The summed E-state index contributed by atoms with van der Waals surface area (Å²) in [7, 11) is 0. The van der Waals surface area contributed by atoms with Gasteiger partial charge in [-0.3, -0.25) is 9.59 Å². The summed E-state index contributed by atoms with van der Waals surface area (Å²) in [4.78, 5) is 31.4. The van der Waals surface area contributed by atoms with Crippen molar-refractivity contribution in [1.82, 2.24) is 20.0 Å². The highest BCUT2D eigenvalue weighted by molar-refractivity contribution is 5.97. The number of aromatic nitrogens is 2. The van der Waals surface area contributed by atoms with Crippen molar-refractivity contribution in [2.24, 2.45) is 0 Å². The van der Waals surface area contributed by atoms with Gasteiger partial charge in [0.2, 0.25) is 5.91 Å². The zero-order chi connectivity index (χ0) is 24.4. The lowest BCUT2D eigenvalue weighted by molar-refractivity contribution is -0.132. The minimum atomic E-state index is -0.400. The van der Waals surface area contributed by atoms with Gasteiger partial charge < -0.3 is 14.7 Å². The Balaban J connectivity index is 1.17. The Hall–Kier alpha value is -3.88. The van der Waals surface area contributed by atoms with Gasteiger partial charge in [0.15, 0.2) is 5.82 Å². The molecular weight excluding hydrogens is 452 g/mol. The second kappa shape index (κ2) is 9.77. The average molecular weight is 478 g/mol. The molecule has 180 valence electrons. The molecular formula is C26H25F2N5O2. The van der Waals surface area contributed by atoms with Crippen LogP contribution in [0.25, 0.3) is 11.3 Å². The second-order valence-corrected chi connectivity index (χ2v) is 8.82. The highest BCUT2D eigenvalue weighted by Gasteiger charge is 2.35. The highest BCUT2D eigenvalue weighted by Crippen LogP contribution is 2.28. The maximum absolute atomic E-state index is 13.2. The van der Waals surface area contributed by atoms with Gasteiger partial charge in [-0.05, 0) is 73.5 Å². The topological polar surface area (TPSA) is 69.6 Å². The van der Waals surface area contributed by atoms with Crippen molar-refractivity contribution in [2.45, 2.75) is 18.9 Å². The summed E-state index contributed by atoms with van der Waals surface area (Å²) >= 11 is 0. The Morgan fingerprint density at radius 3 is 2.03 bits per heavy atom. The Kier molecular flexibility index (Phi) is 6.39. The quantitative estimate of drug-likeness (QED) is 0.545. The van der Waals surface area contributed by atoms with Crippen LogP contribution in [0.4, 0.5) is 14.6 Å². The first-order valence-corrected chi connectivity index (χ1v) is 11.7. The summed E-state index contributed by atoms with van der Waals surface area (Å²) in [6.45, 7) is 2.26. The molecule has 2 aromatic carbocycles. The number of hydrogen-bond acceptors (Lipinski definition) is 5. The standard InChI is InChI=1S/C26H25F2N5O2/c27-20-5-1-18(2-6-20)23-11-12-24(30-29-23)31-13-15-32(16-14-31)25(34)17-33(22-9-10-22)26(35)19-3-7-21(28)8-4-19/h1-8,11-12,22H,9-10,13-17H2. The zero-order valence-electron chi connectivity index (χ0n) is 19.1. The van der Waals surface area contributed by atoms with E-state index in [-0.39, 0.29) is 30.2 Å². The molecule has 7 nitrogen and oxygen atoms in total. The van der Waals surface area contributed by atoms with Crippen molar-refractivity contribution in [3.05, 3.63) is 77.9 Å². The minimum Gasteiger partial charge on any atom is -0.352 e. The molecule has 35 heavy (non-hydrogen) atoms. The molecule has 0 unspecified atom stereocenters. The summed E-state index contributed by atoms with van der Waals surface area (Å²) in [6, 6.07) is 15.3. The lowest BCUT2D eigenvalue weighted by atomic mass is 10.1. The van der Waals surface area contributed by atoms with Crippen LogP contribution in [0, 0.1) is 11.6 Å². The molecule has 0 atom stereocenters. The summed E-state index contributed by atoms with van der Waals surface area (Å²) in [5.74, 6) is -0.316. The predicted octanol–water partition coefficient (Wildman–Crippen LogP) is 3.38. The number of benzene rings is 2. The van der Waals surface area contributed by atoms with Crippen LogP contribution in [-0.4, -0.2) is 70.6 Å². The van der Waals surface area contributed by atoms with Gasteiger partial charge in [0, 0.05) is 43.3 Å². The zero-order valence-corrected chi connectivity index (χ0v) is 19.1. The van der Waals surface area contributed by atoms with Crippen LogP contribution in [0.2, 0.25) is 0 Å². The molecule has 1 aromatic heterocycles. The van der Waals surface area contributed by atoms with Gasteiger partial charge in [0.05, 0.1) is 5.69 Å². The molecule has 2 fully saturated rings. The number of hydrogen-bond donors (Lipinski definition) is 0. The smallest absolute Gasteiger partial charge is 0.254 e. The Labute approximate surface area is 202 Å². The molecule has 1 saturated heterocycles. The molecule has 5 rings (SSSR count). The van der Waals surface area contributed by atoms with E-state index in [0.717, 1.165) is 18.4 Å². The first kappa shape index (κ1) is 22.9. The highest BCUT2D eigenvalue weighted by atomic mass is 19.1. The molecule has 2 amide bonds. The molecule has 2 heterocycles. The van der Waals surface area contributed by atoms with E-state index in [1.807, 2.05) is 12.1 Å². The van der Waals surface area contributed by atoms with E-state index < -0.39 is 5.82 Å². The van der Waals surface area contributed by atoms with Gasteiger partial charge in [-0.15, -0.1) is 10.2 Å². The molecule has 9 heteroatoms. The first-order valence-electron chi connectivity index (χ1n) is 11.7. The monoisotopic (exact) mass is 477 g/mol. The number of amides is 2. The summed E-state index contributed by atoms with van der Waals surface area (Å²) in [6.07, 6.45) is 1.75. The van der Waals surface area contributed by atoms with E-state index in [2.05, 4.69) is 15.1 Å². The maximum Gasteiger partial charge on any atom is 0.254 e. The molecule has 3 aromatic rings. The van der Waals surface area contributed by atoms with Crippen molar-refractivity contribution >= 4 is 17.6 Å². The molecule has 0 bridgehead atoms. The molecule has 0 spiro atoms. The fourth-order valence-electron chi connectivity index (χ4n) is 4.21. The molecule has 0 radical (unpaired) electrons. The summed E-state index contributed by atoms with van der Waals surface area (Å²) < 4.78 is 26.4. The molecule has 1 aliphatic heterocycles. The summed E-state index contributed by atoms with van der Waals surface area (Å²) in [5, 5.41) is 8.58. The lowest BCUT2D eigenvalue weighted by Crippen LogP contribution is -2.52. The molecule has 0 N–H and O–H groups in total. The number of anilines is 1. The van der Waals surface area contributed by atoms with E-state index in [4.69, 9.17) is 0 Å².